The third-order valence-electron chi connectivity index (χ3n) is 6.34. The molecule has 12 nitrogen and oxygen atoms in total. The molecule has 2 aromatic rings. The SMILES string of the molecule is Cc1c(C(=O)NC[C@@H]2CCCO2)nn(C(C)C)c1Oc1ccc([N+](=O)[O-])cc1S(=O)(=O)N1CCCC1. The fourth-order valence-electron chi connectivity index (χ4n) is 4.35. The molecule has 36 heavy (non-hydrogen) atoms. The summed E-state index contributed by atoms with van der Waals surface area (Å²) in [6, 6.07) is 3.27. The van der Waals surface area contributed by atoms with E-state index >= 15 is 0 Å². The van der Waals surface area contributed by atoms with Crippen LogP contribution < -0.4 is 10.1 Å². The predicted octanol–water partition coefficient (Wildman–Crippen LogP) is 3.17. The maximum Gasteiger partial charge on any atom is 0.272 e. The van der Waals surface area contributed by atoms with Gasteiger partial charge in [-0.3, -0.25) is 14.9 Å². The van der Waals surface area contributed by atoms with Crippen molar-refractivity contribution < 1.29 is 27.6 Å². The smallest absolute Gasteiger partial charge is 0.272 e. The fraction of sp³-hybridized carbons (Fsp3) is 0.565. The first-order chi connectivity index (χ1) is 17.1. The highest BCUT2D eigenvalue weighted by Crippen LogP contribution is 2.37. The number of nitrogens with zero attached hydrogens (tertiary/aromatic N) is 4. The number of carbonyl (C=O) groups is 1. The largest absolute Gasteiger partial charge is 0.438 e. The molecule has 0 aliphatic carbocycles. The van der Waals surface area contributed by atoms with Crippen LogP contribution in [0.4, 0.5) is 5.69 Å². The van der Waals surface area contributed by atoms with Crippen LogP contribution in [0, 0.1) is 17.0 Å². The van der Waals surface area contributed by atoms with E-state index in [0.29, 0.717) is 44.6 Å². The van der Waals surface area contributed by atoms with Crippen molar-refractivity contribution in [1.29, 1.82) is 0 Å². The van der Waals surface area contributed by atoms with Gasteiger partial charge in [-0.05, 0) is 52.5 Å². The monoisotopic (exact) mass is 521 g/mol. The third kappa shape index (κ3) is 5.22. The minimum Gasteiger partial charge on any atom is -0.438 e. The van der Waals surface area contributed by atoms with E-state index in [1.165, 1.54) is 21.1 Å². The summed E-state index contributed by atoms with van der Waals surface area (Å²) in [7, 11) is -4.04. The van der Waals surface area contributed by atoms with Crippen molar-refractivity contribution in [3.8, 4) is 11.6 Å². The Bertz CT molecular complexity index is 1250. The van der Waals surface area contributed by atoms with E-state index in [2.05, 4.69) is 10.4 Å². The van der Waals surface area contributed by atoms with E-state index in [1.54, 1.807) is 6.92 Å². The maximum atomic E-state index is 13.4. The quantitative estimate of drug-likeness (QED) is 0.391. The van der Waals surface area contributed by atoms with Crippen LogP contribution in [0.5, 0.6) is 11.6 Å². The van der Waals surface area contributed by atoms with Gasteiger partial charge in [0.25, 0.3) is 11.6 Å². The molecule has 2 fully saturated rings. The van der Waals surface area contributed by atoms with E-state index in [9.17, 15) is 23.3 Å². The zero-order valence-electron chi connectivity index (χ0n) is 20.6. The second-order valence-corrected chi connectivity index (χ2v) is 11.2. The summed E-state index contributed by atoms with van der Waals surface area (Å²) >= 11 is 0. The van der Waals surface area contributed by atoms with Gasteiger partial charge in [0.2, 0.25) is 15.9 Å². The van der Waals surface area contributed by atoms with E-state index in [0.717, 1.165) is 18.9 Å². The minimum atomic E-state index is -4.04. The van der Waals surface area contributed by atoms with Gasteiger partial charge < -0.3 is 14.8 Å². The normalized spacial score (nSPS) is 18.6. The molecule has 1 atom stereocenters. The van der Waals surface area contributed by atoms with E-state index in [1.807, 2.05) is 13.8 Å². The number of ether oxygens (including phenoxy) is 2. The molecule has 0 radical (unpaired) electrons. The molecule has 1 aromatic heterocycles. The van der Waals surface area contributed by atoms with E-state index < -0.39 is 14.9 Å². The van der Waals surface area contributed by atoms with Gasteiger partial charge >= 0.3 is 0 Å². The number of aromatic nitrogens is 2. The topological polar surface area (TPSA) is 146 Å². The van der Waals surface area contributed by atoms with Crippen molar-refractivity contribution in [2.24, 2.45) is 0 Å². The standard InChI is InChI=1S/C23H31N5O7S/c1-15(2)27-23(16(3)21(25-27)22(29)24-14-18-7-6-12-34-18)35-19-9-8-17(28(30)31)13-20(19)36(32,33)26-10-4-5-11-26/h8-9,13,15,18H,4-7,10-12,14H2,1-3H3,(H,24,29)/t18-/m0/s1. The molecule has 0 saturated carbocycles. The highest BCUT2D eigenvalue weighted by Gasteiger charge is 2.33. The van der Waals surface area contributed by atoms with Crippen molar-refractivity contribution in [2.75, 3.05) is 26.2 Å². The van der Waals surface area contributed by atoms with Crippen molar-refractivity contribution in [2.45, 2.75) is 63.5 Å². The molecule has 0 bridgehead atoms. The van der Waals surface area contributed by atoms with Gasteiger partial charge in [0.15, 0.2) is 5.69 Å². The number of rotatable bonds is 9. The van der Waals surface area contributed by atoms with Gasteiger partial charge in [-0.15, -0.1) is 0 Å². The van der Waals surface area contributed by atoms with Crippen molar-refractivity contribution in [3.63, 3.8) is 0 Å². The van der Waals surface area contributed by atoms with Crippen LogP contribution in [-0.4, -0.2) is 65.7 Å². The predicted molar refractivity (Wildman–Crippen MR) is 130 cm³/mol. The van der Waals surface area contributed by atoms with E-state index in [-0.39, 0.29) is 46.0 Å². The van der Waals surface area contributed by atoms with Gasteiger partial charge in [-0.2, -0.15) is 9.40 Å². The number of non-ortho nitro benzene ring substituents is 1. The Morgan fingerprint density at radius 1 is 1.31 bits per heavy atom. The van der Waals surface area contributed by atoms with Crippen LogP contribution in [0.25, 0.3) is 0 Å². The number of hydrogen-bond acceptors (Lipinski definition) is 8. The molecule has 13 heteroatoms. The summed E-state index contributed by atoms with van der Waals surface area (Å²) in [5.74, 6) is -0.261. The van der Waals surface area contributed by atoms with Crippen LogP contribution in [0.15, 0.2) is 23.1 Å². The average Bonchev–Trinajstić information content (AvgIpc) is 3.60. The van der Waals surface area contributed by atoms with Gasteiger partial charge in [-0.25, -0.2) is 13.1 Å². The maximum absolute atomic E-state index is 13.4. The van der Waals surface area contributed by atoms with Gasteiger partial charge in [0.1, 0.15) is 10.6 Å². The summed E-state index contributed by atoms with van der Waals surface area (Å²) in [6.45, 7) is 7.09. The highest BCUT2D eigenvalue weighted by atomic mass is 32.2. The number of sulfonamides is 1. The average molecular weight is 522 g/mol. The van der Waals surface area contributed by atoms with Crippen LogP contribution in [0.2, 0.25) is 0 Å². The molecule has 2 saturated heterocycles. The Hall–Kier alpha value is -3.03. The Kier molecular flexibility index (Phi) is 7.62. The highest BCUT2D eigenvalue weighted by molar-refractivity contribution is 7.89. The number of amides is 1. The van der Waals surface area contributed by atoms with Gasteiger partial charge in [0, 0.05) is 43.9 Å². The number of nitro groups is 1. The number of carbonyl (C=O) groups excluding carboxylic acids is 1. The second kappa shape index (κ2) is 10.5. The number of nitro benzene ring substituents is 1. The summed E-state index contributed by atoms with van der Waals surface area (Å²) in [4.78, 5) is 23.4. The minimum absolute atomic E-state index is 0.0318. The Balaban J connectivity index is 1.69. The lowest BCUT2D eigenvalue weighted by atomic mass is 10.2. The number of hydrogen-bond donors (Lipinski definition) is 1. The van der Waals surface area contributed by atoms with Crippen LogP contribution >= 0.6 is 0 Å². The molecule has 1 N–H and O–H groups in total. The zero-order chi connectivity index (χ0) is 26.0. The van der Waals surface area contributed by atoms with Gasteiger partial charge in [0.05, 0.1) is 17.1 Å². The van der Waals surface area contributed by atoms with Crippen LogP contribution in [-0.2, 0) is 14.8 Å². The molecule has 1 amide bonds. The lowest BCUT2D eigenvalue weighted by Crippen LogP contribution is -2.32. The second-order valence-electron chi connectivity index (χ2n) is 9.26. The first kappa shape index (κ1) is 26.0. The zero-order valence-corrected chi connectivity index (χ0v) is 21.4. The summed E-state index contributed by atoms with van der Waals surface area (Å²) in [5.41, 5.74) is 0.224. The fourth-order valence-corrected chi connectivity index (χ4v) is 6.00. The molecular formula is C23H31N5O7S. The lowest BCUT2D eigenvalue weighted by molar-refractivity contribution is -0.385. The van der Waals surface area contributed by atoms with Crippen LogP contribution in [0.1, 0.15) is 61.6 Å². The van der Waals surface area contributed by atoms with E-state index in [4.69, 9.17) is 9.47 Å². The first-order valence-electron chi connectivity index (χ1n) is 12.0. The molecular weight excluding hydrogens is 490 g/mol. The van der Waals surface area contributed by atoms with Crippen molar-refractivity contribution in [3.05, 3.63) is 39.6 Å². The number of benzene rings is 1. The Labute approximate surface area is 209 Å². The summed E-state index contributed by atoms with van der Waals surface area (Å²) in [6.07, 6.45) is 3.23. The lowest BCUT2D eigenvalue weighted by Gasteiger charge is -2.19. The molecule has 3 heterocycles. The van der Waals surface area contributed by atoms with Gasteiger partial charge in [-0.1, -0.05) is 0 Å². The molecule has 1 aromatic carbocycles. The molecule has 0 spiro atoms. The number of nitrogens with one attached hydrogen (secondary N) is 1. The Morgan fingerprint density at radius 3 is 2.64 bits per heavy atom. The molecule has 196 valence electrons. The van der Waals surface area contributed by atoms with Crippen LogP contribution in [0.3, 0.4) is 0 Å². The van der Waals surface area contributed by atoms with Crippen molar-refractivity contribution in [1.82, 2.24) is 19.4 Å². The van der Waals surface area contributed by atoms with Crippen molar-refractivity contribution >= 4 is 21.6 Å². The molecule has 2 aliphatic rings. The molecule has 4 rings (SSSR count). The first-order valence-corrected chi connectivity index (χ1v) is 13.5. The molecule has 0 unspecified atom stereocenters. The summed E-state index contributed by atoms with van der Waals surface area (Å²) in [5, 5.41) is 18.7. The molecule has 2 aliphatic heterocycles. The third-order valence-corrected chi connectivity index (χ3v) is 8.26. The summed E-state index contributed by atoms with van der Waals surface area (Å²) < 4.78 is 41.2. The Morgan fingerprint density at radius 2 is 2.03 bits per heavy atom.